The topological polar surface area (TPSA) is 80.8 Å². The average molecular weight is 669 g/mol. The molecule has 0 aliphatic carbocycles. The van der Waals surface area contributed by atoms with Gasteiger partial charge in [0.2, 0.25) is 5.71 Å². The van der Waals surface area contributed by atoms with Gasteiger partial charge in [0.05, 0.1) is 11.0 Å². The molecule has 0 aliphatic heterocycles. The lowest BCUT2D eigenvalue weighted by atomic mass is 10.0. The number of furan rings is 1. The van der Waals surface area contributed by atoms with Gasteiger partial charge in [-0.25, -0.2) is 24.9 Å². The number of hydrogen-bond acceptors (Lipinski definition) is 7. The van der Waals surface area contributed by atoms with Crippen molar-refractivity contribution in [1.29, 1.82) is 0 Å². The van der Waals surface area contributed by atoms with Crippen LogP contribution in [-0.4, -0.2) is 24.9 Å². The van der Waals surface area contributed by atoms with Crippen molar-refractivity contribution in [3.8, 4) is 33.9 Å². The maximum atomic E-state index is 5.97. The molecule has 7 heteroatoms. The molecule has 0 spiro atoms. The van der Waals surface area contributed by atoms with Crippen LogP contribution in [0.1, 0.15) is 0 Å². The fourth-order valence-electron chi connectivity index (χ4n) is 6.76. The zero-order chi connectivity index (χ0) is 34.4. The van der Waals surface area contributed by atoms with Crippen molar-refractivity contribution >= 4 is 60.9 Å². The van der Waals surface area contributed by atoms with Crippen LogP contribution in [0.25, 0.3) is 77.8 Å². The predicted molar refractivity (Wildman–Crippen MR) is 209 cm³/mol. The molecule has 10 rings (SSSR count). The number of anilines is 3. The van der Waals surface area contributed by atoms with Crippen LogP contribution in [0.4, 0.5) is 17.1 Å². The van der Waals surface area contributed by atoms with Gasteiger partial charge in [-0.15, -0.1) is 0 Å². The van der Waals surface area contributed by atoms with E-state index in [9.17, 15) is 0 Å². The van der Waals surface area contributed by atoms with Crippen molar-refractivity contribution in [2.75, 3.05) is 4.90 Å². The van der Waals surface area contributed by atoms with Gasteiger partial charge >= 0.3 is 0 Å². The highest BCUT2D eigenvalue weighted by Gasteiger charge is 2.16. The number of benzene rings is 6. The van der Waals surface area contributed by atoms with E-state index in [-0.39, 0.29) is 0 Å². The number of pyridine rings is 1. The summed E-state index contributed by atoms with van der Waals surface area (Å²) in [4.78, 5) is 25.8. The molecule has 0 radical (unpaired) electrons. The van der Waals surface area contributed by atoms with Gasteiger partial charge in [0.1, 0.15) is 5.58 Å². The number of nitrogens with zero attached hydrogens (tertiary/aromatic N) is 6. The van der Waals surface area contributed by atoms with Crippen LogP contribution < -0.4 is 4.90 Å². The first-order valence-electron chi connectivity index (χ1n) is 17.1. The van der Waals surface area contributed by atoms with E-state index < -0.39 is 0 Å². The Morgan fingerprint density at radius 1 is 0.404 bits per heavy atom. The standard InChI is InChI=1S/C45H28N6O/c1-4-10-40-32(7-1)26-46-43(49-40)30-15-21-36(22-16-30)51(37-23-17-31(18-24-37)44-47-27-33-8-2-5-11-41(33)50-44)35-19-13-29(14-20-35)34-25-39-38-9-3-6-12-42(38)52-45(39)48-28-34/h1-28H. The van der Waals surface area contributed by atoms with E-state index in [2.05, 4.69) is 105 Å². The van der Waals surface area contributed by atoms with E-state index in [4.69, 9.17) is 14.4 Å². The van der Waals surface area contributed by atoms with Crippen molar-refractivity contribution in [3.63, 3.8) is 0 Å². The van der Waals surface area contributed by atoms with Gasteiger partial charge in [-0.2, -0.15) is 0 Å². The molecule has 0 fully saturated rings. The van der Waals surface area contributed by atoms with Crippen molar-refractivity contribution < 1.29 is 4.42 Å². The lowest BCUT2D eigenvalue weighted by molar-refractivity contribution is 0.654. The Balaban J connectivity index is 1.02. The lowest BCUT2D eigenvalue weighted by Gasteiger charge is -2.26. The normalized spacial score (nSPS) is 11.5. The third-order valence-electron chi connectivity index (χ3n) is 9.44. The Morgan fingerprint density at radius 3 is 1.48 bits per heavy atom. The van der Waals surface area contributed by atoms with Crippen molar-refractivity contribution in [3.05, 3.63) is 170 Å². The molecule has 10 aromatic rings. The van der Waals surface area contributed by atoms with Crippen molar-refractivity contribution in [1.82, 2.24) is 24.9 Å². The average Bonchev–Trinajstić information content (AvgIpc) is 3.59. The highest BCUT2D eigenvalue weighted by atomic mass is 16.3. The third kappa shape index (κ3) is 5.28. The molecule has 0 saturated heterocycles. The largest absolute Gasteiger partial charge is 0.438 e. The summed E-state index contributed by atoms with van der Waals surface area (Å²) >= 11 is 0. The maximum Gasteiger partial charge on any atom is 0.227 e. The minimum absolute atomic E-state index is 0.641. The summed E-state index contributed by atoms with van der Waals surface area (Å²) in [7, 11) is 0. The predicted octanol–water partition coefficient (Wildman–Crippen LogP) is 11.3. The zero-order valence-corrected chi connectivity index (χ0v) is 27.8. The van der Waals surface area contributed by atoms with Crippen molar-refractivity contribution in [2.24, 2.45) is 0 Å². The molecule has 4 aromatic heterocycles. The van der Waals surface area contributed by atoms with E-state index in [1.807, 2.05) is 85.3 Å². The Morgan fingerprint density at radius 2 is 0.904 bits per heavy atom. The quantitative estimate of drug-likeness (QED) is 0.174. The molecular weight excluding hydrogens is 641 g/mol. The third-order valence-corrected chi connectivity index (χ3v) is 9.44. The SMILES string of the molecule is c1ccc2nc(-c3ccc(N(c4ccc(-c5cnc6oc7ccccc7c6c5)cc4)c4ccc(-c5ncc6ccccc6n5)cc4)cc3)ncc2c1. The van der Waals surface area contributed by atoms with Gasteiger partial charge in [-0.3, -0.25) is 0 Å². The van der Waals surface area contributed by atoms with Crippen LogP contribution >= 0.6 is 0 Å². The first-order chi connectivity index (χ1) is 25.7. The summed E-state index contributed by atoms with van der Waals surface area (Å²) in [6, 6.07) is 51.6. The van der Waals surface area contributed by atoms with E-state index in [0.29, 0.717) is 17.4 Å². The lowest BCUT2D eigenvalue weighted by Crippen LogP contribution is -2.10. The maximum absolute atomic E-state index is 5.97. The summed E-state index contributed by atoms with van der Waals surface area (Å²) in [6.07, 6.45) is 5.63. The molecule has 244 valence electrons. The van der Waals surface area contributed by atoms with Gasteiger partial charge in [-0.05, 0) is 90.5 Å². The molecule has 0 atom stereocenters. The molecule has 4 heterocycles. The van der Waals surface area contributed by atoms with Crippen LogP contribution in [0.2, 0.25) is 0 Å². The molecule has 0 aliphatic rings. The summed E-state index contributed by atoms with van der Waals surface area (Å²) in [6.45, 7) is 0. The fourth-order valence-corrected chi connectivity index (χ4v) is 6.76. The number of hydrogen-bond donors (Lipinski definition) is 0. The second kappa shape index (κ2) is 12.3. The highest BCUT2D eigenvalue weighted by Crippen LogP contribution is 2.38. The second-order valence-electron chi connectivity index (χ2n) is 12.7. The van der Waals surface area contributed by atoms with Gasteiger partial charge < -0.3 is 9.32 Å². The number of fused-ring (bicyclic) bond motifs is 5. The van der Waals surface area contributed by atoms with Crippen LogP contribution in [0.15, 0.2) is 175 Å². The smallest absolute Gasteiger partial charge is 0.227 e. The summed E-state index contributed by atoms with van der Waals surface area (Å²) < 4.78 is 5.97. The molecule has 6 aromatic carbocycles. The van der Waals surface area contributed by atoms with Gasteiger partial charge in [0, 0.05) is 73.9 Å². The summed E-state index contributed by atoms with van der Waals surface area (Å²) in [5.74, 6) is 1.38. The summed E-state index contributed by atoms with van der Waals surface area (Å²) in [5, 5.41) is 4.10. The molecular formula is C45H28N6O. The molecule has 0 amide bonds. The van der Waals surface area contributed by atoms with E-state index >= 15 is 0 Å². The first-order valence-corrected chi connectivity index (χ1v) is 17.1. The molecule has 0 N–H and O–H groups in total. The van der Waals surface area contributed by atoms with Gasteiger partial charge in [0.15, 0.2) is 11.6 Å². The van der Waals surface area contributed by atoms with Crippen LogP contribution in [0, 0.1) is 0 Å². The van der Waals surface area contributed by atoms with E-state index in [0.717, 1.165) is 77.5 Å². The van der Waals surface area contributed by atoms with E-state index in [1.54, 1.807) is 0 Å². The Bertz CT molecular complexity index is 2780. The number of para-hydroxylation sites is 3. The fraction of sp³-hybridized carbons (Fsp3) is 0. The van der Waals surface area contributed by atoms with E-state index in [1.165, 1.54) is 0 Å². The molecule has 52 heavy (non-hydrogen) atoms. The van der Waals surface area contributed by atoms with Crippen LogP contribution in [0.3, 0.4) is 0 Å². The minimum atomic E-state index is 0.641. The highest BCUT2D eigenvalue weighted by molar-refractivity contribution is 6.04. The van der Waals surface area contributed by atoms with Crippen molar-refractivity contribution in [2.45, 2.75) is 0 Å². The summed E-state index contributed by atoms with van der Waals surface area (Å²) in [5.41, 5.74) is 10.3. The van der Waals surface area contributed by atoms with Gasteiger partial charge in [-0.1, -0.05) is 66.7 Å². The molecule has 0 bridgehead atoms. The number of rotatable bonds is 6. The Kier molecular flexibility index (Phi) is 6.99. The minimum Gasteiger partial charge on any atom is -0.438 e. The second-order valence-corrected chi connectivity index (χ2v) is 12.7. The Hall–Kier alpha value is -7.25. The number of aromatic nitrogens is 5. The Labute approximate surface area is 298 Å². The zero-order valence-electron chi connectivity index (χ0n) is 27.8. The monoisotopic (exact) mass is 668 g/mol. The first kappa shape index (κ1) is 29.6. The molecule has 0 saturated carbocycles. The van der Waals surface area contributed by atoms with Crippen LogP contribution in [-0.2, 0) is 0 Å². The van der Waals surface area contributed by atoms with Crippen LogP contribution in [0.5, 0.6) is 0 Å². The molecule has 0 unspecified atom stereocenters. The molecule has 7 nitrogen and oxygen atoms in total. The van der Waals surface area contributed by atoms with Gasteiger partial charge in [0.25, 0.3) is 0 Å².